The van der Waals surface area contributed by atoms with Crippen molar-refractivity contribution in [3.8, 4) is 0 Å². The molecule has 0 bridgehead atoms. The highest BCUT2D eigenvalue weighted by Gasteiger charge is 2.29. The molecule has 3 heterocycles. The Kier molecular flexibility index (Phi) is 4.22. The molecule has 0 unspecified atom stereocenters. The zero-order valence-electron chi connectivity index (χ0n) is 13.1. The summed E-state index contributed by atoms with van der Waals surface area (Å²) >= 11 is 0. The van der Waals surface area contributed by atoms with Gasteiger partial charge >= 0.3 is 0 Å². The molecule has 2 aromatic heterocycles. The molecule has 1 fully saturated rings. The number of hydrogen-bond donors (Lipinski definition) is 0. The van der Waals surface area contributed by atoms with Gasteiger partial charge in [0.2, 0.25) is 5.91 Å². The van der Waals surface area contributed by atoms with Crippen LogP contribution < -0.4 is 0 Å². The standard InChI is InChI=1S/C17H21N3O2/c1-12-15(13(2)22-19-12)10-17(21)20-9-4-3-7-16(20)14-6-5-8-18-11-14/h5-6,8,11,16H,3-4,7,9-10H2,1-2H3/t16-/m1/s1. The van der Waals surface area contributed by atoms with E-state index in [1.165, 1.54) is 0 Å². The molecule has 1 atom stereocenters. The van der Waals surface area contributed by atoms with Crippen molar-refractivity contribution >= 4 is 5.91 Å². The van der Waals surface area contributed by atoms with Crippen LogP contribution in [-0.4, -0.2) is 27.5 Å². The average molecular weight is 299 g/mol. The minimum Gasteiger partial charge on any atom is -0.361 e. The van der Waals surface area contributed by atoms with Gasteiger partial charge in [-0.2, -0.15) is 0 Å². The van der Waals surface area contributed by atoms with Crippen molar-refractivity contribution in [1.82, 2.24) is 15.0 Å². The summed E-state index contributed by atoms with van der Waals surface area (Å²) in [5, 5.41) is 3.94. The molecule has 3 rings (SSSR count). The van der Waals surface area contributed by atoms with E-state index in [1.54, 1.807) is 6.20 Å². The van der Waals surface area contributed by atoms with E-state index < -0.39 is 0 Å². The first-order valence-corrected chi connectivity index (χ1v) is 7.78. The van der Waals surface area contributed by atoms with Crippen molar-refractivity contribution in [3.63, 3.8) is 0 Å². The lowest BCUT2D eigenvalue weighted by Gasteiger charge is -2.36. The molecule has 1 aliphatic heterocycles. The first-order valence-electron chi connectivity index (χ1n) is 7.78. The molecule has 5 heteroatoms. The molecule has 1 aliphatic rings. The van der Waals surface area contributed by atoms with Crippen LogP contribution in [0.5, 0.6) is 0 Å². The summed E-state index contributed by atoms with van der Waals surface area (Å²) < 4.78 is 5.16. The highest BCUT2D eigenvalue weighted by molar-refractivity contribution is 5.79. The van der Waals surface area contributed by atoms with Crippen molar-refractivity contribution in [1.29, 1.82) is 0 Å². The Labute approximate surface area is 130 Å². The normalized spacial score (nSPS) is 18.5. The average Bonchev–Trinajstić information content (AvgIpc) is 2.87. The lowest BCUT2D eigenvalue weighted by Crippen LogP contribution is -2.39. The van der Waals surface area contributed by atoms with Gasteiger partial charge in [-0.25, -0.2) is 0 Å². The summed E-state index contributed by atoms with van der Waals surface area (Å²) in [5.41, 5.74) is 2.84. The Morgan fingerprint density at radius 1 is 1.41 bits per heavy atom. The Balaban J connectivity index is 1.80. The predicted molar refractivity (Wildman–Crippen MR) is 82.2 cm³/mol. The van der Waals surface area contributed by atoms with E-state index in [0.717, 1.165) is 48.4 Å². The van der Waals surface area contributed by atoms with Crippen molar-refractivity contribution in [2.45, 2.75) is 45.6 Å². The second-order valence-electron chi connectivity index (χ2n) is 5.86. The molecule has 1 saturated heterocycles. The fourth-order valence-corrected chi connectivity index (χ4v) is 3.16. The molecule has 1 amide bonds. The van der Waals surface area contributed by atoms with Crippen LogP contribution in [0.1, 0.15) is 47.9 Å². The third-order valence-corrected chi connectivity index (χ3v) is 4.40. The molecule has 116 valence electrons. The Hall–Kier alpha value is -2.17. The molecule has 0 radical (unpaired) electrons. The molecular formula is C17H21N3O2. The topological polar surface area (TPSA) is 59.2 Å². The number of piperidine rings is 1. The van der Waals surface area contributed by atoms with Gasteiger partial charge in [0.25, 0.3) is 0 Å². The van der Waals surface area contributed by atoms with Crippen molar-refractivity contribution in [3.05, 3.63) is 47.1 Å². The van der Waals surface area contributed by atoms with Gasteiger partial charge in [0.05, 0.1) is 18.2 Å². The number of amides is 1. The maximum Gasteiger partial charge on any atom is 0.227 e. The largest absolute Gasteiger partial charge is 0.361 e. The SMILES string of the molecule is Cc1noc(C)c1CC(=O)N1CCCC[C@@H]1c1cccnc1. The van der Waals surface area contributed by atoms with Gasteiger partial charge in [-0.1, -0.05) is 11.2 Å². The van der Waals surface area contributed by atoms with Crippen LogP contribution >= 0.6 is 0 Å². The molecule has 2 aromatic rings. The Morgan fingerprint density at radius 3 is 2.95 bits per heavy atom. The summed E-state index contributed by atoms with van der Waals surface area (Å²) in [6.07, 6.45) is 7.20. The number of aromatic nitrogens is 2. The quantitative estimate of drug-likeness (QED) is 0.874. The van der Waals surface area contributed by atoms with E-state index in [0.29, 0.717) is 6.42 Å². The summed E-state index contributed by atoms with van der Waals surface area (Å²) in [5.74, 6) is 0.878. The van der Waals surface area contributed by atoms with Crippen LogP contribution in [0.25, 0.3) is 0 Å². The second kappa shape index (κ2) is 6.30. The van der Waals surface area contributed by atoms with Crippen LogP contribution in [0.4, 0.5) is 0 Å². The van der Waals surface area contributed by atoms with Gasteiger partial charge in [0.1, 0.15) is 5.76 Å². The Bertz CT molecular complexity index is 632. The molecule has 0 aliphatic carbocycles. The van der Waals surface area contributed by atoms with E-state index in [9.17, 15) is 4.79 Å². The minimum atomic E-state index is 0.135. The Morgan fingerprint density at radius 2 is 2.27 bits per heavy atom. The number of nitrogens with zero attached hydrogens (tertiary/aromatic N) is 3. The van der Waals surface area contributed by atoms with E-state index >= 15 is 0 Å². The first-order chi connectivity index (χ1) is 10.7. The maximum atomic E-state index is 12.8. The summed E-state index contributed by atoms with van der Waals surface area (Å²) in [4.78, 5) is 19.0. The van der Waals surface area contributed by atoms with Gasteiger partial charge < -0.3 is 9.42 Å². The number of carbonyl (C=O) groups is 1. The minimum absolute atomic E-state index is 0.135. The number of aryl methyl sites for hydroxylation is 2. The fraction of sp³-hybridized carbons (Fsp3) is 0.471. The zero-order valence-corrected chi connectivity index (χ0v) is 13.1. The number of likely N-dealkylation sites (tertiary alicyclic amines) is 1. The number of carbonyl (C=O) groups excluding carboxylic acids is 1. The van der Waals surface area contributed by atoms with Crippen molar-refractivity contribution < 1.29 is 9.32 Å². The second-order valence-corrected chi connectivity index (χ2v) is 5.86. The van der Waals surface area contributed by atoms with E-state index in [4.69, 9.17) is 4.52 Å². The van der Waals surface area contributed by atoms with Crippen LogP contribution in [-0.2, 0) is 11.2 Å². The van der Waals surface area contributed by atoms with E-state index in [1.807, 2.05) is 31.0 Å². The van der Waals surface area contributed by atoms with Crippen LogP contribution in [0, 0.1) is 13.8 Å². The molecule has 5 nitrogen and oxygen atoms in total. The van der Waals surface area contributed by atoms with Crippen molar-refractivity contribution in [2.24, 2.45) is 0 Å². The molecule has 0 spiro atoms. The van der Waals surface area contributed by atoms with Gasteiger partial charge in [0, 0.05) is 24.5 Å². The van der Waals surface area contributed by atoms with Gasteiger partial charge in [-0.3, -0.25) is 9.78 Å². The fourth-order valence-electron chi connectivity index (χ4n) is 3.16. The number of pyridine rings is 1. The maximum absolute atomic E-state index is 12.8. The highest BCUT2D eigenvalue weighted by Crippen LogP contribution is 2.31. The molecule has 0 saturated carbocycles. The van der Waals surface area contributed by atoms with E-state index in [2.05, 4.69) is 16.2 Å². The summed E-state index contributed by atoms with van der Waals surface area (Å²) in [6, 6.07) is 4.12. The third kappa shape index (κ3) is 2.89. The van der Waals surface area contributed by atoms with Crippen molar-refractivity contribution in [2.75, 3.05) is 6.54 Å². The molecule has 22 heavy (non-hydrogen) atoms. The summed E-state index contributed by atoms with van der Waals surface area (Å²) in [7, 11) is 0. The molecule has 0 aromatic carbocycles. The lowest BCUT2D eigenvalue weighted by atomic mass is 9.95. The first kappa shape index (κ1) is 14.8. The van der Waals surface area contributed by atoms with Gasteiger partial charge in [-0.05, 0) is 44.7 Å². The number of hydrogen-bond acceptors (Lipinski definition) is 4. The lowest BCUT2D eigenvalue weighted by molar-refractivity contribution is -0.134. The zero-order chi connectivity index (χ0) is 15.5. The van der Waals surface area contributed by atoms with Crippen LogP contribution in [0.15, 0.2) is 29.0 Å². The molecule has 0 N–H and O–H groups in total. The van der Waals surface area contributed by atoms with Gasteiger partial charge in [-0.15, -0.1) is 0 Å². The van der Waals surface area contributed by atoms with Gasteiger partial charge in [0.15, 0.2) is 0 Å². The van der Waals surface area contributed by atoms with Crippen LogP contribution in [0.3, 0.4) is 0 Å². The summed E-state index contributed by atoms with van der Waals surface area (Å²) in [6.45, 7) is 4.55. The van der Waals surface area contributed by atoms with E-state index in [-0.39, 0.29) is 11.9 Å². The smallest absolute Gasteiger partial charge is 0.227 e. The predicted octanol–water partition coefficient (Wildman–Crippen LogP) is 2.98. The van der Waals surface area contributed by atoms with Crippen LogP contribution in [0.2, 0.25) is 0 Å². The highest BCUT2D eigenvalue weighted by atomic mass is 16.5. The monoisotopic (exact) mass is 299 g/mol. The molecular weight excluding hydrogens is 278 g/mol. The number of rotatable bonds is 3. The third-order valence-electron chi connectivity index (χ3n) is 4.40.